The van der Waals surface area contributed by atoms with Crippen LogP contribution in [0.15, 0.2) is 54.6 Å². The van der Waals surface area contributed by atoms with E-state index in [-0.39, 0.29) is 5.82 Å². The average Bonchev–Trinajstić information content (AvgIpc) is 2.37. The van der Waals surface area contributed by atoms with E-state index >= 15 is 0 Å². The molecule has 0 aliphatic heterocycles. The highest BCUT2D eigenvalue weighted by Gasteiger charge is 2.08. The molecule has 0 aliphatic carbocycles. The van der Waals surface area contributed by atoms with Crippen molar-refractivity contribution in [2.45, 2.75) is 18.9 Å². The molecule has 0 saturated carbocycles. The molecule has 0 radical (unpaired) electrons. The molecule has 0 saturated heterocycles. The SMILES string of the molecule is O[C@H](CCc1ccccc1)c1cccc(F)c1. The Bertz CT molecular complexity index is 467. The normalized spacial score (nSPS) is 12.4. The van der Waals surface area contributed by atoms with E-state index in [9.17, 15) is 9.50 Å². The van der Waals surface area contributed by atoms with Crippen molar-refractivity contribution in [3.63, 3.8) is 0 Å². The van der Waals surface area contributed by atoms with Gasteiger partial charge in [-0.15, -0.1) is 0 Å². The molecule has 2 aromatic carbocycles. The van der Waals surface area contributed by atoms with E-state index in [0.717, 1.165) is 6.42 Å². The zero-order chi connectivity index (χ0) is 12.1. The van der Waals surface area contributed by atoms with E-state index in [1.54, 1.807) is 12.1 Å². The first kappa shape index (κ1) is 11.8. The summed E-state index contributed by atoms with van der Waals surface area (Å²) in [6, 6.07) is 16.1. The lowest BCUT2D eigenvalue weighted by molar-refractivity contribution is 0.167. The fourth-order valence-corrected chi connectivity index (χ4v) is 1.83. The predicted molar refractivity (Wildman–Crippen MR) is 66.1 cm³/mol. The predicted octanol–water partition coefficient (Wildman–Crippen LogP) is 3.49. The molecule has 0 spiro atoms. The van der Waals surface area contributed by atoms with Crippen LogP contribution in [0.3, 0.4) is 0 Å². The second-order valence-electron chi connectivity index (χ2n) is 4.10. The van der Waals surface area contributed by atoms with E-state index in [1.807, 2.05) is 30.3 Å². The molecule has 0 heterocycles. The Morgan fingerprint density at radius 3 is 2.47 bits per heavy atom. The quantitative estimate of drug-likeness (QED) is 0.852. The van der Waals surface area contributed by atoms with E-state index in [4.69, 9.17) is 0 Å². The number of halogens is 1. The van der Waals surface area contributed by atoms with Crippen molar-refractivity contribution in [2.75, 3.05) is 0 Å². The topological polar surface area (TPSA) is 20.2 Å². The summed E-state index contributed by atoms with van der Waals surface area (Å²) in [5, 5.41) is 9.94. The lowest BCUT2D eigenvalue weighted by Crippen LogP contribution is -2.00. The Morgan fingerprint density at radius 1 is 1.00 bits per heavy atom. The van der Waals surface area contributed by atoms with Crippen molar-refractivity contribution < 1.29 is 9.50 Å². The van der Waals surface area contributed by atoms with Crippen LogP contribution in [0.25, 0.3) is 0 Å². The monoisotopic (exact) mass is 230 g/mol. The van der Waals surface area contributed by atoms with Gasteiger partial charge in [-0.2, -0.15) is 0 Å². The van der Waals surface area contributed by atoms with Crippen molar-refractivity contribution >= 4 is 0 Å². The zero-order valence-electron chi connectivity index (χ0n) is 9.51. The van der Waals surface area contributed by atoms with Crippen LogP contribution in [0.2, 0.25) is 0 Å². The van der Waals surface area contributed by atoms with Crippen LogP contribution in [-0.4, -0.2) is 5.11 Å². The molecule has 1 atom stereocenters. The van der Waals surface area contributed by atoms with E-state index in [0.29, 0.717) is 12.0 Å². The number of aryl methyl sites for hydroxylation is 1. The van der Waals surface area contributed by atoms with Gasteiger partial charge in [-0.3, -0.25) is 0 Å². The Balaban J connectivity index is 1.96. The summed E-state index contributed by atoms with van der Waals surface area (Å²) < 4.78 is 13.0. The second-order valence-corrected chi connectivity index (χ2v) is 4.10. The van der Waals surface area contributed by atoms with Crippen molar-refractivity contribution in [2.24, 2.45) is 0 Å². The first-order chi connectivity index (χ1) is 8.25. The molecule has 17 heavy (non-hydrogen) atoms. The van der Waals surface area contributed by atoms with Crippen LogP contribution in [0.5, 0.6) is 0 Å². The summed E-state index contributed by atoms with van der Waals surface area (Å²) in [4.78, 5) is 0. The molecule has 0 bridgehead atoms. The Labute approximate surface area is 101 Å². The minimum atomic E-state index is -0.606. The van der Waals surface area contributed by atoms with Gasteiger partial charge in [-0.05, 0) is 36.1 Å². The van der Waals surface area contributed by atoms with Gasteiger partial charge < -0.3 is 5.11 Å². The number of benzene rings is 2. The Morgan fingerprint density at radius 2 is 1.76 bits per heavy atom. The van der Waals surface area contributed by atoms with Crippen LogP contribution < -0.4 is 0 Å². The third kappa shape index (κ3) is 3.40. The summed E-state index contributed by atoms with van der Waals surface area (Å²) in [6.45, 7) is 0. The van der Waals surface area contributed by atoms with Crippen molar-refractivity contribution in [3.05, 3.63) is 71.5 Å². The first-order valence-electron chi connectivity index (χ1n) is 5.73. The molecule has 1 N–H and O–H groups in total. The lowest BCUT2D eigenvalue weighted by Gasteiger charge is -2.10. The molecular formula is C15H15FO. The minimum Gasteiger partial charge on any atom is -0.388 e. The zero-order valence-corrected chi connectivity index (χ0v) is 9.51. The molecular weight excluding hydrogens is 215 g/mol. The number of aliphatic hydroxyl groups is 1. The van der Waals surface area contributed by atoms with Gasteiger partial charge in [0.15, 0.2) is 0 Å². The van der Waals surface area contributed by atoms with Crippen molar-refractivity contribution in [3.8, 4) is 0 Å². The highest BCUT2D eigenvalue weighted by Crippen LogP contribution is 2.19. The maximum atomic E-state index is 13.0. The van der Waals surface area contributed by atoms with Gasteiger partial charge in [0, 0.05) is 0 Å². The molecule has 0 amide bonds. The van der Waals surface area contributed by atoms with Crippen LogP contribution in [0, 0.1) is 5.82 Å². The molecule has 0 aromatic heterocycles. The van der Waals surface area contributed by atoms with Gasteiger partial charge in [0.25, 0.3) is 0 Å². The highest BCUT2D eigenvalue weighted by molar-refractivity contribution is 5.20. The number of rotatable bonds is 4. The van der Waals surface area contributed by atoms with Crippen molar-refractivity contribution in [1.82, 2.24) is 0 Å². The lowest BCUT2D eigenvalue weighted by atomic mass is 10.0. The minimum absolute atomic E-state index is 0.304. The van der Waals surface area contributed by atoms with Crippen LogP contribution in [0.1, 0.15) is 23.7 Å². The van der Waals surface area contributed by atoms with Gasteiger partial charge in [-0.25, -0.2) is 4.39 Å². The Hall–Kier alpha value is -1.67. The van der Waals surface area contributed by atoms with Gasteiger partial charge in [-0.1, -0.05) is 42.5 Å². The van der Waals surface area contributed by atoms with Crippen molar-refractivity contribution in [1.29, 1.82) is 0 Å². The summed E-state index contributed by atoms with van der Waals surface area (Å²) >= 11 is 0. The third-order valence-electron chi connectivity index (χ3n) is 2.78. The van der Waals surface area contributed by atoms with Crippen LogP contribution in [-0.2, 0) is 6.42 Å². The molecule has 0 unspecified atom stereocenters. The van der Waals surface area contributed by atoms with Gasteiger partial charge in [0.05, 0.1) is 6.10 Å². The second kappa shape index (κ2) is 5.60. The first-order valence-corrected chi connectivity index (χ1v) is 5.73. The Kier molecular flexibility index (Phi) is 3.89. The maximum Gasteiger partial charge on any atom is 0.123 e. The fraction of sp³-hybridized carbons (Fsp3) is 0.200. The standard InChI is InChI=1S/C15H15FO/c16-14-8-4-7-13(11-14)15(17)10-9-12-5-2-1-3-6-12/h1-8,11,15,17H,9-10H2/t15-/m1/s1. The van der Waals surface area contributed by atoms with Gasteiger partial charge >= 0.3 is 0 Å². The van der Waals surface area contributed by atoms with Crippen LogP contribution in [0.4, 0.5) is 4.39 Å². The summed E-state index contributed by atoms with van der Waals surface area (Å²) in [5.41, 5.74) is 1.82. The number of aliphatic hydroxyl groups excluding tert-OH is 1. The molecule has 1 nitrogen and oxygen atoms in total. The summed E-state index contributed by atoms with van der Waals surface area (Å²) in [5.74, 6) is -0.304. The van der Waals surface area contributed by atoms with Gasteiger partial charge in [0.1, 0.15) is 5.82 Å². The number of hydrogen-bond acceptors (Lipinski definition) is 1. The van der Waals surface area contributed by atoms with E-state index in [1.165, 1.54) is 17.7 Å². The molecule has 2 rings (SSSR count). The van der Waals surface area contributed by atoms with Gasteiger partial charge in [0.2, 0.25) is 0 Å². The molecule has 0 aliphatic rings. The summed E-state index contributed by atoms with van der Waals surface area (Å²) in [6.07, 6.45) is 0.789. The summed E-state index contributed by atoms with van der Waals surface area (Å²) in [7, 11) is 0. The molecule has 2 heteroatoms. The average molecular weight is 230 g/mol. The third-order valence-corrected chi connectivity index (χ3v) is 2.78. The fourth-order valence-electron chi connectivity index (χ4n) is 1.83. The molecule has 88 valence electrons. The highest BCUT2D eigenvalue weighted by atomic mass is 19.1. The van der Waals surface area contributed by atoms with E-state index < -0.39 is 6.10 Å². The molecule has 2 aromatic rings. The van der Waals surface area contributed by atoms with E-state index in [2.05, 4.69) is 0 Å². The maximum absolute atomic E-state index is 13.0. The molecule has 0 fully saturated rings. The van der Waals surface area contributed by atoms with Crippen LogP contribution >= 0.6 is 0 Å². The number of hydrogen-bond donors (Lipinski definition) is 1. The largest absolute Gasteiger partial charge is 0.388 e. The smallest absolute Gasteiger partial charge is 0.123 e.